The molecule has 1 amide bonds. The van der Waals surface area contributed by atoms with E-state index in [2.05, 4.69) is 0 Å². The predicted molar refractivity (Wildman–Crippen MR) is 106 cm³/mol. The Bertz CT molecular complexity index is 851. The number of nitrogens with zero attached hydrogens (tertiary/aromatic N) is 2. The molecule has 27 heavy (non-hydrogen) atoms. The van der Waals surface area contributed by atoms with Crippen LogP contribution in [0.5, 0.6) is 11.5 Å². The van der Waals surface area contributed by atoms with Gasteiger partial charge in [-0.2, -0.15) is 5.26 Å². The lowest BCUT2D eigenvalue weighted by Crippen LogP contribution is -2.27. The third-order valence-electron chi connectivity index (χ3n) is 4.39. The van der Waals surface area contributed by atoms with Crippen LogP contribution < -0.4 is 9.47 Å². The average Bonchev–Trinajstić information content (AvgIpc) is 2.70. The minimum absolute atomic E-state index is 0.0287. The summed E-state index contributed by atoms with van der Waals surface area (Å²) in [6.45, 7) is 3.99. The van der Waals surface area contributed by atoms with E-state index in [1.54, 1.807) is 30.2 Å². The van der Waals surface area contributed by atoms with Crippen molar-refractivity contribution in [2.24, 2.45) is 0 Å². The highest BCUT2D eigenvalue weighted by atomic mass is 16.5. The monoisotopic (exact) mass is 364 g/mol. The van der Waals surface area contributed by atoms with E-state index in [-0.39, 0.29) is 18.6 Å². The van der Waals surface area contributed by atoms with Gasteiger partial charge in [0.1, 0.15) is 6.07 Å². The highest BCUT2D eigenvalue weighted by Crippen LogP contribution is 2.28. The van der Waals surface area contributed by atoms with Crippen molar-refractivity contribution >= 4 is 12.0 Å². The summed E-state index contributed by atoms with van der Waals surface area (Å²) >= 11 is 0. The SMILES string of the molecule is COc1cc(/C=C/C(=O)N(C)C(C)c2ccc(C)cc2)ccc1OCC#N. The topological polar surface area (TPSA) is 62.6 Å². The summed E-state index contributed by atoms with van der Waals surface area (Å²) in [5, 5.41) is 8.61. The number of benzene rings is 2. The molecular weight excluding hydrogens is 340 g/mol. The van der Waals surface area contributed by atoms with Crippen LogP contribution in [0.4, 0.5) is 0 Å². The van der Waals surface area contributed by atoms with Crippen LogP contribution in [-0.4, -0.2) is 31.6 Å². The molecule has 0 fully saturated rings. The summed E-state index contributed by atoms with van der Waals surface area (Å²) in [6.07, 6.45) is 3.27. The maximum Gasteiger partial charge on any atom is 0.246 e. The van der Waals surface area contributed by atoms with Gasteiger partial charge in [0, 0.05) is 13.1 Å². The Labute approximate surface area is 160 Å². The Kier molecular flexibility index (Phi) is 7.01. The van der Waals surface area contributed by atoms with Crippen LogP contribution in [0.1, 0.15) is 29.7 Å². The molecule has 140 valence electrons. The first-order valence-corrected chi connectivity index (χ1v) is 8.65. The molecule has 2 aromatic carbocycles. The summed E-state index contributed by atoms with van der Waals surface area (Å²) in [6, 6.07) is 15.4. The fraction of sp³-hybridized carbons (Fsp3) is 0.273. The van der Waals surface area contributed by atoms with Gasteiger partial charge in [-0.3, -0.25) is 4.79 Å². The van der Waals surface area contributed by atoms with E-state index in [4.69, 9.17) is 14.7 Å². The van der Waals surface area contributed by atoms with Crippen molar-refractivity contribution in [1.29, 1.82) is 5.26 Å². The second kappa shape index (κ2) is 9.44. The molecule has 0 aromatic heterocycles. The van der Waals surface area contributed by atoms with E-state index in [0.29, 0.717) is 11.5 Å². The number of hydrogen-bond acceptors (Lipinski definition) is 4. The van der Waals surface area contributed by atoms with Crippen molar-refractivity contribution in [3.63, 3.8) is 0 Å². The van der Waals surface area contributed by atoms with Crippen LogP contribution in [0, 0.1) is 18.3 Å². The van der Waals surface area contributed by atoms with Gasteiger partial charge >= 0.3 is 0 Å². The Hall–Kier alpha value is -3.26. The van der Waals surface area contributed by atoms with Crippen molar-refractivity contribution in [3.05, 3.63) is 65.2 Å². The molecule has 1 atom stereocenters. The van der Waals surface area contributed by atoms with Gasteiger partial charge in [0.15, 0.2) is 18.1 Å². The number of aryl methyl sites for hydroxylation is 1. The zero-order valence-electron chi connectivity index (χ0n) is 16.1. The van der Waals surface area contributed by atoms with Crippen LogP contribution in [-0.2, 0) is 4.79 Å². The van der Waals surface area contributed by atoms with Gasteiger partial charge in [0.25, 0.3) is 0 Å². The van der Waals surface area contributed by atoms with Gasteiger partial charge in [-0.1, -0.05) is 35.9 Å². The van der Waals surface area contributed by atoms with Gasteiger partial charge in [0.2, 0.25) is 5.91 Å². The second-order valence-corrected chi connectivity index (χ2v) is 6.23. The number of ether oxygens (including phenoxy) is 2. The Morgan fingerprint density at radius 1 is 1.22 bits per heavy atom. The zero-order chi connectivity index (χ0) is 19.8. The van der Waals surface area contributed by atoms with E-state index in [1.165, 1.54) is 18.7 Å². The number of nitriles is 1. The molecule has 0 heterocycles. The van der Waals surface area contributed by atoms with Crippen molar-refractivity contribution in [1.82, 2.24) is 4.90 Å². The molecule has 0 saturated carbocycles. The number of hydrogen-bond donors (Lipinski definition) is 0. The smallest absolute Gasteiger partial charge is 0.246 e. The third-order valence-corrected chi connectivity index (χ3v) is 4.39. The van der Waals surface area contributed by atoms with Crippen LogP contribution in [0.3, 0.4) is 0 Å². The molecule has 2 aromatic rings. The van der Waals surface area contributed by atoms with Gasteiger partial charge in [-0.15, -0.1) is 0 Å². The molecule has 1 unspecified atom stereocenters. The van der Waals surface area contributed by atoms with Crippen LogP contribution in [0.25, 0.3) is 6.08 Å². The zero-order valence-corrected chi connectivity index (χ0v) is 16.1. The molecule has 5 nitrogen and oxygen atoms in total. The Morgan fingerprint density at radius 3 is 2.56 bits per heavy atom. The van der Waals surface area contributed by atoms with Gasteiger partial charge < -0.3 is 14.4 Å². The van der Waals surface area contributed by atoms with Crippen molar-refractivity contribution < 1.29 is 14.3 Å². The molecule has 0 aliphatic heterocycles. The summed E-state index contributed by atoms with van der Waals surface area (Å²) < 4.78 is 10.6. The number of carbonyl (C=O) groups excluding carboxylic acids is 1. The second-order valence-electron chi connectivity index (χ2n) is 6.23. The third kappa shape index (κ3) is 5.35. The maximum absolute atomic E-state index is 12.5. The molecule has 0 bridgehead atoms. The maximum atomic E-state index is 12.5. The first-order chi connectivity index (χ1) is 13.0. The van der Waals surface area contributed by atoms with Crippen molar-refractivity contribution in [2.75, 3.05) is 20.8 Å². The quantitative estimate of drug-likeness (QED) is 0.693. The normalized spacial score (nSPS) is 11.7. The van der Waals surface area contributed by atoms with Gasteiger partial charge in [-0.05, 0) is 43.2 Å². The highest BCUT2D eigenvalue weighted by Gasteiger charge is 2.15. The Balaban J connectivity index is 2.08. The molecule has 0 aliphatic carbocycles. The summed E-state index contributed by atoms with van der Waals surface area (Å²) in [7, 11) is 3.32. The van der Waals surface area contributed by atoms with Gasteiger partial charge in [-0.25, -0.2) is 0 Å². The van der Waals surface area contributed by atoms with Crippen LogP contribution >= 0.6 is 0 Å². The summed E-state index contributed by atoms with van der Waals surface area (Å²) in [5.41, 5.74) is 3.09. The van der Waals surface area contributed by atoms with Gasteiger partial charge in [0.05, 0.1) is 13.2 Å². The Morgan fingerprint density at radius 2 is 1.93 bits per heavy atom. The van der Waals surface area contributed by atoms with E-state index < -0.39 is 0 Å². The molecule has 0 N–H and O–H groups in total. The average molecular weight is 364 g/mol. The number of amides is 1. The first-order valence-electron chi connectivity index (χ1n) is 8.65. The fourth-order valence-electron chi connectivity index (χ4n) is 2.56. The van der Waals surface area contributed by atoms with Crippen molar-refractivity contribution in [2.45, 2.75) is 19.9 Å². The lowest BCUT2D eigenvalue weighted by Gasteiger charge is -2.24. The summed E-state index contributed by atoms with van der Waals surface area (Å²) in [4.78, 5) is 14.2. The van der Waals surface area contributed by atoms with E-state index in [1.807, 2.05) is 50.2 Å². The highest BCUT2D eigenvalue weighted by molar-refractivity contribution is 5.92. The minimum atomic E-state index is -0.0909. The number of rotatable bonds is 7. The van der Waals surface area contributed by atoms with Crippen LogP contribution in [0.2, 0.25) is 0 Å². The van der Waals surface area contributed by atoms with E-state index in [0.717, 1.165) is 11.1 Å². The number of methoxy groups -OCH3 is 1. The minimum Gasteiger partial charge on any atom is -0.493 e. The molecule has 0 aliphatic rings. The summed E-state index contributed by atoms with van der Waals surface area (Å²) in [5.74, 6) is 0.917. The van der Waals surface area contributed by atoms with E-state index in [9.17, 15) is 4.79 Å². The van der Waals surface area contributed by atoms with Crippen LogP contribution in [0.15, 0.2) is 48.5 Å². The molecular formula is C22H24N2O3. The number of likely N-dealkylation sites (N-methyl/N-ethyl adjacent to an activating group) is 1. The molecule has 0 spiro atoms. The molecule has 2 rings (SSSR count). The lowest BCUT2D eigenvalue weighted by molar-refractivity contribution is -0.126. The molecule has 0 radical (unpaired) electrons. The van der Waals surface area contributed by atoms with E-state index >= 15 is 0 Å². The largest absolute Gasteiger partial charge is 0.493 e. The van der Waals surface area contributed by atoms with Crippen molar-refractivity contribution in [3.8, 4) is 17.6 Å². The predicted octanol–water partition coefficient (Wildman–Crippen LogP) is 4.14. The standard InChI is InChI=1S/C22H24N2O3/c1-16-5-9-19(10-6-16)17(2)24(3)22(25)12-8-18-7-11-20(27-14-13-23)21(15-18)26-4/h5-12,15,17H,14H2,1-4H3/b12-8+. The fourth-order valence-corrected chi connectivity index (χ4v) is 2.56. The first kappa shape index (κ1) is 20.1. The molecule has 0 saturated heterocycles. The number of carbonyl (C=O) groups is 1. The lowest BCUT2D eigenvalue weighted by atomic mass is 10.1. The molecule has 5 heteroatoms.